The lowest BCUT2D eigenvalue weighted by molar-refractivity contribution is 0.153. The highest BCUT2D eigenvalue weighted by atomic mass is 32.2. The molecule has 0 saturated carbocycles. The minimum Gasteiger partial charge on any atom is -0.384 e. The van der Waals surface area contributed by atoms with Crippen LogP contribution in [0.1, 0.15) is 33.6 Å². The lowest BCUT2D eigenvalue weighted by Crippen LogP contribution is -2.42. The highest BCUT2D eigenvalue weighted by molar-refractivity contribution is 7.89. The van der Waals surface area contributed by atoms with Crippen molar-refractivity contribution in [1.82, 2.24) is 4.31 Å². The largest absolute Gasteiger partial charge is 0.384 e. The summed E-state index contributed by atoms with van der Waals surface area (Å²) in [6.07, 6.45) is 1.94. The fourth-order valence-corrected chi connectivity index (χ4v) is 3.72. The van der Waals surface area contributed by atoms with E-state index in [1.54, 1.807) is 4.31 Å². The van der Waals surface area contributed by atoms with Gasteiger partial charge in [-0.05, 0) is 24.2 Å². The van der Waals surface area contributed by atoms with Crippen LogP contribution >= 0.6 is 0 Å². The third-order valence-electron chi connectivity index (χ3n) is 3.62. The van der Waals surface area contributed by atoms with Crippen molar-refractivity contribution in [3.05, 3.63) is 0 Å². The molecule has 0 aromatic heterocycles. The molecule has 1 rings (SSSR count). The zero-order valence-electron chi connectivity index (χ0n) is 11.4. The maximum atomic E-state index is 11.9. The van der Waals surface area contributed by atoms with Crippen LogP contribution in [-0.2, 0) is 14.8 Å². The third kappa shape index (κ3) is 4.23. The zero-order valence-corrected chi connectivity index (χ0v) is 12.2. The Morgan fingerprint density at radius 1 is 1.24 bits per heavy atom. The van der Waals surface area contributed by atoms with E-state index in [9.17, 15) is 8.42 Å². The van der Waals surface area contributed by atoms with Crippen LogP contribution in [0.4, 0.5) is 0 Å². The van der Waals surface area contributed by atoms with Gasteiger partial charge in [-0.2, -0.15) is 0 Å². The number of rotatable bonds is 4. The summed E-state index contributed by atoms with van der Waals surface area (Å²) in [5.74, 6) is 0.723. The molecule has 0 aromatic rings. The van der Waals surface area contributed by atoms with E-state index in [1.165, 1.54) is 7.11 Å². The van der Waals surface area contributed by atoms with Gasteiger partial charge in [-0.1, -0.05) is 20.8 Å². The quantitative estimate of drug-likeness (QED) is 0.776. The Morgan fingerprint density at radius 3 is 2.18 bits per heavy atom. The van der Waals surface area contributed by atoms with E-state index < -0.39 is 10.0 Å². The Morgan fingerprint density at radius 2 is 1.76 bits per heavy atom. The van der Waals surface area contributed by atoms with Crippen LogP contribution in [0.3, 0.4) is 0 Å². The van der Waals surface area contributed by atoms with Crippen molar-refractivity contribution < 1.29 is 13.2 Å². The first-order valence-electron chi connectivity index (χ1n) is 6.24. The smallest absolute Gasteiger partial charge is 0.216 e. The van der Waals surface area contributed by atoms with Gasteiger partial charge in [0.1, 0.15) is 0 Å². The maximum absolute atomic E-state index is 11.9. The summed E-state index contributed by atoms with van der Waals surface area (Å²) in [4.78, 5) is 0. The van der Waals surface area contributed by atoms with Gasteiger partial charge in [0.2, 0.25) is 10.0 Å². The fraction of sp³-hybridized carbons (Fsp3) is 1.00. The maximum Gasteiger partial charge on any atom is 0.216 e. The van der Waals surface area contributed by atoms with Crippen molar-refractivity contribution >= 4 is 10.0 Å². The van der Waals surface area contributed by atoms with Gasteiger partial charge in [-0.15, -0.1) is 0 Å². The molecule has 1 saturated heterocycles. The summed E-state index contributed by atoms with van der Waals surface area (Å²) in [7, 11) is -1.58. The van der Waals surface area contributed by atoms with Crippen molar-refractivity contribution in [2.75, 3.05) is 32.6 Å². The van der Waals surface area contributed by atoms with Crippen LogP contribution in [0, 0.1) is 11.3 Å². The van der Waals surface area contributed by atoms with E-state index in [0.717, 1.165) is 12.8 Å². The molecule has 1 aliphatic rings. The molecule has 4 nitrogen and oxygen atoms in total. The summed E-state index contributed by atoms with van der Waals surface area (Å²) in [6.45, 7) is 8.29. The van der Waals surface area contributed by atoms with Crippen molar-refractivity contribution in [3.63, 3.8) is 0 Å². The average molecular weight is 263 g/mol. The van der Waals surface area contributed by atoms with Crippen LogP contribution in [0.25, 0.3) is 0 Å². The molecule has 0 unspecified atom stereocenters. The van der Waals surface area contributed by atoms with Gasteiger partial charge in [0.25, 0.3) is 0 Å². The van der Waals surface area contributed by atoms with E-state index >= 15 is 0 Å². The van der Waals surface area contributed by atoms with E-state index in [-0.39, 0.29) is 17.8 Å². The first-order valence-corrected chi connectivity index (χ1v) is 7.85. The Kier molecular flexibility index (Phi) is 4.98. The molecule has 1 heterocycles. The minimum absolute atomic E-state index is 0.101. The molecule has 0 spiro atoms. The molecule has 0 amide bonds. The van der Waals surface area contributed by atoms with Gasteiger partial charge in [0.05, 0.1) is 12.4 Å². The van der Waals surface area contributed by atoms with Gasteiger partial charge in [-0.3, -0.25) is 0 Å². The number of hydrogen-bond acceptors (Lipinski definition) is 3. The Bertz CT molecular complexity index is 324. The highest BCUT2D eigenvalue weighted by Gasteiger charge is 2.32. The van der Waals surface area contributed by atoms with Crippen molar-refractivity contribution in [2.45, 2.75) is 33.6 Å². The lowest BCUT2D eigenvalue weighted by atomic mass is 9.76. The number of ether oxygens (including phenoxy) is 1. The number of hydrogen-bond donors (Lipinski definition) is 0. The topological polar surface area (TPSA) is 46.6 Å². The fourth-order valence-electron chi connectivity index (χ4n) is 2.32. The number of methoxy groups -OCH3 is 1. The van der Waals surface area contributed by atoms with Crippen molar-refractivity contribution in [2.24, 2.45) is 11.3 Å². The van der Waals surface area contributed by atoms with Crippen LogP contribution in [0.15, 0.2) is 0 Å². The molecule has 17 heavy (non-hydrogen) atoms. The Labute approximate surface area is 105 Å². The Hall–Kier alpha value is -0.130. The standard InChI is InChI=1S/C12H25NO3S/c1-12(2,3)11-5-7-13(8-6-11)17(14,15)10-9-16-4/h11H,5-10H2,1-4H3. The molecule has 0 bridgehead atoms. The molecule has 0 radical (unpaired) electrons. The first kappa shape index (κ1) is 14.9. The van der Waals surface area contributed by atoms with Crippen LogP contribution < -0.4 is 0 Å². The minimum atomic E-state index is -3.11. The second-order valence-corrected chi connectivity index (χ2v) is 7.94. The zero-order chi connectivity index (χ0) is 13.1. The van der Waals surface area contributed by atoms with Gasteiger partial charge in [0.15, 0.2) is 0 Å². The summed E-state index contributed by atoms with van der Waals surface area (Å²) in [5, 5.41) is 0. The molecular formula is C12H25NO3S. The number of piperidine rings is 1. The van der Waals surface area contributed by atoms with Crippen LogP contribution in [0.2, 0.25) is 0 Å². The third-order valence-corrected chi connectivity index (χ3v) is 5.45. The monoisotopic (exact) mass is 263 g/mol. The van der Waals surface area contributed by atoms with Crippen molar-refractivity contribution in [1.29, 1.82) is 0 Å². The van der Waals surface area contributed by atoms with Crippen molar-refractivity contribution in [3.8, 4) is 0 Å². The van der Waals surface area contributed by atoms with E-state index in [1.807, 2.05) is 0 Å². The molecule has 1 aliphatic heterocycles. The van der Waals surface area contributed by atoms with E-state index in [2.05, 4.69) is 20.8 Å². The molecule has 0 N–H and O–H groups in total. The predicted molar refractivity (Wildman–Crippen MR) is 69.4 cm³/mol. The second-order valence-electron chi connectivity index (χ2n) is 5.85. The summed E-state index contributed by atoms with van der Waals surface area (Å²) >= 11 is 0. The van der Waals surface area contributed by atoms with Gasteiger partial charge < -0.3 is 4.74 Å². The summed E-state index contributed by atoms with van der Waals surface area (Å²) < 4.78 is 30.4. The number of sulfonamides is 1. The summed E-state index contributed by atoms with van der Waals surface area (Å²) in [6, 6.07) is 0. The lowest BCUT2D eigenvalue weighted by Gasteiger charge is -2.38. The summed E-state index contributed by atoms with van der Waals surface area (Å²) in [5.41, 5.74) is 0.280. The molecule has 0 aliphatic carbocycles. The first-order chi connectivity index (χ1) is 7.77. The molecule has 102 valence electrons. The van der Waals surface area contributed by atoms with Gasteiger partial charge in [0, 0.05) is 20.2 Å². The number of nitrogens with zero attached hydrogens (tertiary/aromatic N) is 1. The normalized spacial score (nSPS) is 20.7. The predicted octanol–water partition coefficient (Wildman–Crippen LogP) is 1.72. The molecule has 5 heteroatoms. The SMILES string of the molecule is COCCS(=O)(=O)N1CCC(C(C)(C)C)CC1. The highest BCUT2D eigenvalue weighted by Crippen LogP contribution is 2.34. The molecule has 1 fully saturated rings. The average Bonchev–Trinajstić information content (AvgIpc) is 2.25. The van der Waals surface area contributed by atoms with Crippen LogP contribution in [-0.4, -0.2) is 45.3 Å². The van der Waals surface area contributed by atoms with E-state index in [4.69, 9.17) is 4.74 Å². The Balaban J connectivity index is 2.52. The van der Waals surface area contributed by atoms with Gasteiger partial charge >= 0.3 is 0 Å². The van der Waals surface area contributed by atoms with Gasteiger partial charge in [-0.25, -0.2) is 12.7 Å². The van der Waals surface area contributed by atoms with Crippen LogP contribution in [0.5, 0.6) is 0 Å². The molecular weight excluding hydrogens is 238 g/mol. The van der Waals surface area contributed by atoms with E-state index in [0.29, 0.717) is 19.0 Å². The second kappa shape index (κ2) is 5.67. The molecule has 0 atom stereocenters. The molecule has 0 aromatic carbocycles.